The molecule has 1 N–H and O–H groups in total. The van der Waals surface area contributed by atoms with Gasteiger partial charge in [0, 0.05) is 32.0 Å². The summed E-state index contributed by atoms with van der Waals surface area (Å²) in [6, 6.07) is 17.1. The smallest absolute Gasteiger partial charge is 0.0384 e. The first-order valence-electron chi connectivity index (χ1n) is 6.74. The lowest BCUT2D eigenvalue weighted by atomic mass is 10.1. The largest absolute Gasteiger partial charge is 0.388 e. The molecule has 0 saturated carbocycles. The van der Waals surface area contributed by atoms with Gasteiger partial charge in [-0.25, -0.2) is 0 Å². The minimum Gasteiger partial charge on any atom is -0.388 e. The molecule has 0 fully saturated rings. The lowest BCUT2D eigenvalue weighted by molar-refractivity contribution is 0.872. The Morgan fingerprint density at radius 2 is 1.84 bits per heavy atom. The number of anilines is 2. The summed E-state index contributed by atoms with van der Waals surface area (Å²) >= 11 is 0. The third-order valence-electron chi connectivity index (χ3n) is 3.55. The van der Waals surface area contributed by atoms with E-state index in [0.29, 0.717) is 0 Å². The molecule has 0 unspecified atom stereocenters. The van der Waals surface area contributed by atoms with E-state index in [1.54, 1.807) is 0 Å². The van der Waals surface area contributed by atoms with E-state index in [0.717, 1.165) is 18.7 Å². The van der Waals surface area contributed by atoms with Crippen LogP contribution in [0.5, 0.6) is 0 Å². The minimum atomic E-state index is 1.03. The number of rotatable bonds is 5. The van der Waals surface area contributed by atoms with Gasteiger partial charge in [0.25, 0.3) is 0 Å². The Kier molecular flexibility index (Phi) is 4.45. The van der Waals surface area contributed by atoms with E-state index in [1.165, 1.54) is 16.8 Å². The summed E-state index contributed by atoms with van der Waals surface area (Å²) in [5, 5.41) is 3.18. The lowest BCUT2D eigenvalue weighted by Crippen LogP contribution is -2.20. The number of hydrogen-bond acceptors (Lipinski definition) is 2. The van der Waals surface area contributed by atoms with Gasteiger partial charge in [-0.3, -0.25) is 0 Å². The monoisotopic (exact) mass is 254 g/mol. The highest BCUT2D eigenvalue weighted by atomic mass is 15.1. The first-order valence-corrected chi connectivity index (χ1v) is 6.74. The summed E-state index contributed by atoms with van der Waals surface area (Å²) < 4.78 is 0. The van der Waals surface area contributed by atoms with Crippen molar-refractivity contribution in [2.24, 2.45) is 0 Å². The van der Waals surface area contributed by atoms with E-state index in [2.05, 4.69) is 72.7 Å². The Bertz CT molecular complexity index is 534. The van der Waals surface area contributed by atoms with Gasteiger partial charge in [-0.2, -0.15) is 0 Å². The van der Waals surface area contributed by atoms with Crippen LogP contribution < -0.4 is 10.2 Å². The number of benzene rings is 2. The van der Waals surface area contributed by atoms with Crippen LogP contribution in [-0.4, -0.2) is 20.6 Å². The number of likely N-dealkylation sites (N-methyl/N-ethyl adjacent to an activating group) is 1. The SMILES string of the molecule is CNc1cccc(N(C)CCc2ccccc2C)c1. The summed E-state index contributed by atoms with van der Waals surface area (Å²) in [5.41, 5.74) is 5.21. The standard InChI is InChI=1S/C17H22N2/c1-14-7-4-5-8-15(14)11-12-19(3)17-10-6-9-16(13-17)18-2/h4-10,13,18H,11-12H2,1-3H3. The van der Waals surface area contributed by atoms with Crippen molar-refractivity contribution in [3.8, 4) is 0 Å². The summed E-state index contributed by atoms with van der Waals surface area (Å²) in [7, 11) is 4.10. The molecule has 0 radical (unpaired) electrons. The number of hydrogen-bond donors (Lipinski definition) is 1. The van der Waals surface area contributed by atoms with Gasteiger partial charge in [-0.15, -0.1) is 0 Å². The minimum absolute atomic E-state index is 1.03. The Labute approximate surface area is 116 Å². The van der Waals surface area contributed by atoms with Crippen LogP contribution in [0.4, 0.5) is 11.4 Å². The van der Waals surface area contributed by atoms with Crippen molar-refractivity contribution in [3.63, 3.8) is 0 Å². The van der Waals surface area contributed by atoms with Gasteiger partial charge in [0.15, 0.2) is 0 Å². The molecule has 0 bridgehead atoms. The molecular formula is C17H22N2. The maximum absolute atomic E-state index is 3.18. The van der Waals surface area contributed by atoms with Crippen LogP contribution in [-0.2, 0) is 6.42 Å². The molecule has 2 aromatic rings. The fourth-order valence-corrected chi connectivity index (χ4v) is 2.21. The zero-order valence-electron chi connectivity index (χ0n) is 12.0. The van der Waals surface area contributed by atoms with Crippen molar-refractivity contribution in [3.05, 3.63) is 59.7 Å². The van der Waals surface area contributed by atoms with E-state index >= 15 is 0 Å². The number of nitrogens with one attached hydrogen (secondary N) is 1. The first kappa shape index (κ1) is 13.5. The highest BCUT2D eigenvalue weighted by molar-refractivity contribution is 5.57. The maximum Gasteiger partial charge on any atom is 0.0384 e. The number of nitrogens with zero attached hydrogens (tertiary/aromatic N) is 1. The average Bonchev–Trinajstić information content (AvgIpc) is 2.46. The van der Waals surface area contributed by atoms with Crippen molar-refractivity contribution in [1.29, 1.82) is 0 Å². The predicted molar refractivity (Wildman–Crippen MR) is 84.1 cm³/mol. The third-order valence-corrected chi connectivity index (χ3v) is 3.55. The summed E-state index contributed by atoms with van der Waals surface area (Å²) in [6.45, 7) is 3.20. The van der Waals surface area contributed by atoms with E-state index in [9.17, 15) is 0 Å². The Morgan fingerprint density at radius 3 is 2.58 bits per heavy atom. The van der Waals surface area contributed by atoms with Gasteiger partial charge >= 0.3 is 0 Å². The van der Waals surface area contributed by atoms with Crippen LogP contribution >= 0.6 is 0 Å². The van der Waals surface area contributed by atoms with Crippen LogP contribution in [0.1, 0.15) is 11.1 Å². The Balaban J connectivity index is 2.01. The van der Waals surface area contributed by atoms with E-state index < -0.39 is 0 Å². The van der Waals surface area contributed by atoms with Crippen LogP contribution in [0.3, 0.4) is 0 Å². The molecule has 0 heterocycles. The van der Waals surface area contributed by atoms with Crippen molar-refractivity contribution < 1.29 is 0 Å². The zero-order valence-corrected chi connectivity index (χ0v) is 12.0. The quantitative estimate of drug-likeness (QED) is 0.875. The molecule has 100 valence electrons. The topological polar surface area (TPSA) is 15.3 Å². The first-order chi connectivity index (χ1) is 9.20. The van der Waals surface area contributed by atoms with Gasteiger partial charge in [-0.1, -0.05) is 30.3 Å². The normalized spacial score (nSPS) is 10.3. The molecule has 0 saturated heterocycles. The third kappa shape index (κ3) is 3.50. The van der Waals surface area contributed by atoms with E-state index in [4.69, 9.17) is 0 Å². The lowest BCUT2D eigenvalue weighted by Gasteiger charge is -2.20. The molecule has 19 heavy (non-hydrogen) atoms. The van der Waals surface area contributed by atoms with Crippen LogP contribution in [0, 0.1) is 6.92 Å². The van der Waals surface area contributed by atoms with Crippen molar-refractivity contribution >= 4 is 11.4 Å². The van der Waals surface area contributed by atoms with Gasteiger partial charge in [-0.05, 0) is 42.7 Å². The van der Waals surface area contributed by atoms with Gasteiger partial charge < -0.3 is 10.2 Å². The highest BCUT2D eigenvalue weighted by Crippen LogP contribution is 2.18. The second kappa shape index (κ2) is 6.28. The predicted octanol–water partition coefficient (Wildman–Crippen LogP) is 3.72. The fourth-order valence-electron chi connectivity index (χ4n) is 2.21. The Morgan fingerprint density at radius 1 is 1.05 bits per heavy atom. The van der Waals surface area contributed by atoms with Gasteiger partial charge in [0.05, 0.1) is 0 Å². The van der Waals surface area contributed by atoms with E-state index in [1.807, 2.05) is 7.05 Å². The Hall–Kier alpha value is -1.96. The van der Waals surface area contributed by atoms with Crippen molar-refractivity contribution in [1.82, 2.24) is 0 Å². The molecule has 0 aliphatic heterocycles. The number of aryl methyl sites for hydroxylation is 1. The van der Waals surface area contributed by atoms with Crippen molar-refractivity contribution in [2.75, 3.05) is 30.9 Å². The van der Waals surface area contributed by atoms with Crippen LogP contribution in [0.15, 0.2) is 48.5 Å². The fraction of sp³-hybridized carbons (Fsp3) is 0.294. The molecule has 0 aromatic heterocycles. The molecule has 0 aliphatic carbocycles. The average molecular weight is 254 g/mol. The molecule has 0 atom stereocenters. The molecule has 2 aromatic carbocycles. The van der Waals surface area contributed by atoms with Crippen molar-refractivity contribution in [2.45, 2.75) is 13.3 Å². The molecule has 0 aliphatic rings. The molecule has 2 nitrogen and oxygen atoms in total. The maximum atomic E-state index is 3.18. The summed E-state index contributed by atoms with van der Waals surface area (Å²) in [6.07, 6.45) is 1.08. The van der Waals surface area contributed by atoms with Crippen LogP contribution in [0.2, 0.25) is 0 Å². The summed E-state index contributed by atoms with van der Waals surface area (Å²) in [4.78, 5) is 2.30. The van der Waals surface area contributed by atoms with Gasteiger partial charge in [0.2, 0.25) is 0 Å². The molecule has 0 amide bonds. The molecule has 0 spiro atoms. The highest BCUT2D eigenvalue weighted by Gasteiger charge is 2.03. The van der Waals surface area contributed by atoms with Gasteiger partial charge in [0.1, 0.15) is 0 Å². The zero-order chi connectivity index (χ0) is 13.7. The molecule has 2 rings (SSSR count). The second-order valence-electron chi connectivity index (χ2n) is 4.90. The molecular weight excluding hydrogens is 232 g/mol. The van der Waals surface area contributed by atoms with Crippen LogP contribution in [0.25, 0.3) is 0 Å². The second-order valence-corrected chi connectivity index (χ2v) is 4.90. The summed E-state index contributed by atoms with van der Waals surface area (Å²) in [5.74, 6) is 0. The van der Waals surface area contributed by atoms with E-state index in [-0.39, 0.29) is 0 Å². The molecule has 2 heteroatoms.